The Labute approximate surface area is 117 Å². The average molecular weight is 262 g/mol. The van der Waals surface area contributed by atoms with Crippen LogP contribution in [0.1, 0.15) is 69.7 Å². The normalized spacial score (nSPS) is 10.7. The largest absolute Gasteiger partial charge is 0.491 e. The molecule has 0 aliphatic rings. The van der Waals surface area contributed by atoms with Crippen LogP contribution in [0, 0.1) is 0 Å². The first kappa shape index (κ1) is 15.7. The van der Waals surface area contributed by atoms with Gasteiger partial charge in [-0.3, -0.25) is 4.79 Å². The molecule has 0 fully saturated rings. The third kappa shape index (κ3) is 6.42. The Morgan fingerprint density at radius 2 is 1.68 bits per heavy atom. The molecule has 0 aliphatic heterocycles. The molecule has 0 aliphatic carbocycles. The standard InChI is InChI=1S/C17H26O2/c1-4-5-6-7-8-9-17(18)15-10-12-16(13-11-15)19-14(2)3/h10-14H,4-9H2,1-3H3. The van der Waals surface area contributed by atoms with E-state index in [2.05, 4.69) is 6.92 Å². The number of carbonyl (C=O) groups is 1. The lowest BCUT2D eigenvalue weighted by atomic mass is 10.0. The van der Waals surface area contributed by atoms with Crippen LogP contribution in [-0.4, -0.2) is 11.9 Å². The number of hydrogen-bond acceptors (Lipinski definition) is 2. The second-order valence-corrected chi connectivity index (χ2v) is 5.28. The van der Waals surface area contributed by atoms with Crippen molar-refractivity contribution in [3.05, 3.63) is 29.8 Å². The second kappa shape index (κ2) is 8.73. The molecule has 0 spiro atoms. The summed E-state index contributed by atoms with van der Waals surface area (Å²) in [6.07, 6.45) is 6.75. The van der Waals surface area contributed by atoms with Crippen LogP contribution in [0.3, 0.4) is 0 Å². The van der Waals surface area contributed by atoms with E-state index in [9.17, 15) is 4.79 Å². The van der Waals surface area contributed by atoms with Crippen molar-refractivity contribution in [2.24, 2.45) is 0 Å². The summed E-state index contributed by atoms with van der Waals surface area (Å²) in [6, 6.07) is 7.49. The first-order valence-corrected chi connectivity index (χ1v) is 7.43. The quantitative estimate of drug-likeness (QED) is 0.461. The Balaban J connectivity index is 2.36. The van der Waals surface area contributed by atoms with Crippen molar-refractivity contribution < 1.29 is 9.53 Å². The number of benzene rings is 1. The molecule has 19 heavy (non-hydrogen) atoms. The number of Topliss-reactive ketones (excluding diaryl/α,β-unsaturated/α-hetero) is 1. The maximum absolute atomic E-state index is 12.0. The fourth-order valence-electron chi connectivity index (χ4n) is 2.03. The van der Waals surface area contributed by atoms with Crippen LogP contribution < -0.4 is 4.74 Å². The van der Waals surface area contributed by atoms with Gasteiger partial charge in [0.25, 0.3) is 0 Å². The van der Waals surface area contributed by atoms with Gasteiger partial charge in [0, 0.05) is 12.0 Å². The van der Waals surface area contributed by atoms with E-state index < -0.39 is 0 Å². The summed E-state index contributed by atoms with van der Waals surface area (Å²) in [6.45, 7) is 6.19. The molecule has 0 saturated carbocycles. The van der Waals surface area contributed by atoms with E-state index in [1.54, 1.807) is 0 Å². The molecule has 0 amide bonds. The van der Waals surface area contributed by atoms with E-state index in [0.717, 1.165) is 24.2 Å². The Kier molecular flexibility index (Phi) is 7.24. The minimum atomic E-state index is 0.167. The van der Waals surface area contributed by atoms with E-state index in [4.69, 9.17) is 4.74 Å². The summed E-state index contributed by atoms with van der Waals surface area (Å²) in [4.78, 5) is 12.0. The number of carbonyl (C=O) groups excluding carboxylic acids is 1. The zero-order valence-corrected chi connectivity index (χ0v) is 12.4. The molecular weight excluding hydrogens is 236 g/mol. The van der Waals surface area contributed by atoms with Gasteiger partial charge in [-0.1, -0.05) is 32.6 Å². The summed E-state index contributed by atoms with van der Waals surface area (Å²) in [5.41, 5.74) is 0.798. The smallest absolute Gasteiger partial charge is 0.162 e. The minimum Gasteiger partial charge on any atom is -0.491 e. The van der Waals surface area contributed by atoms with Crippen LogP contribution in [0.25, 0.3) is 0 Å². The predicted octanol–water partition coefficient (Wildman–Crippen LogP) is 5.02. The van der Waals surface area contributed by atoms with Crippen molar-refractivity contribution in [2.75, 3.05) is 0 Å². The van der Waals surface area contributed by atoms with Crippen LogP contribution in [-0.2, 0) is 0 Å². The highest BCUT2D eigenvalue weighted by Crippen LogP contribution is 2.16. The Morgan fingerprint density at radius 3 is 2.26 bits per heavy atom. The summed E-state index contributed by atoms with van der Waals surface area (Å²) >= 11 is 0. The molecule has 0 radical (unpaired) electrons. The Hall–Kier alpha value is -1.31. The van der Waals surface area contributed by atoms with Crippen molar-refractivity contribution in [1.29, 1.82) is 0 Å². The van der Waals surface area contributed by atoms with Crippen LogP contribution in [0.4, 0.5) is 0 Å². The molecule has 1 aromatic rings. The van der Waals surface area contributed by atoms with Gasteiger partial charge in [0.1, 0.15) is 5.75 Å². The van der Waals surface area contributed by atoms with Gasteiger partial charge >= 0.3 is 0 Å². The molecular formula is C17H26O2. The average Bonchev–Trinajstić information content (AvgIpc) is 2.38. The molecule has 106 valence electrons. The van der Waals surface area contributed by atoms with Crippen molar-refractivity contribution in [3.8, 4) is 5.75 Å². The highest BCUT2D eigenvalue weighted by molar-refractivity contribution is 5.96. The van der Waals surface area contributed by atoms with E-state index in [-0.39, 0.29) is 11.9 Å². The first-order chi connectivity index (χ1) is 9.13. The van der Waals surface area contributed by atoms with Gasteiger partial charge in [-0.15, -0.1) is 0 Å². The van der Waals surface area contributed by atoms with Crippen molar-refractivity contribution in [1.82, 2.24) is 0 Å². The van der Waals surface area contributed by atoms with Gasteiger partial charge in [0.05, 0.1) is 6.10 Å². The lowest BCUT2D eigenvalue weighted by Crippen LogP contribution is -2.06. The van der Waals surface area contributed by atoms with Crippen LogP contribution in [0.15, 0.2) is 24.3 Å². The fourth-order valence-corrected chi connectivity index (χ4v) is 2.03. The molecule has 0 N–H and O–H groups in total. The molecule has 1 rings (SSSR count). The van der Waals surface area contributed by atoms with Crippen LogP contribution in [0.2, 0.25) is 0 Å². The first-order valence-electron chi connectivity index (χ1n) is 7.43. The van der Waals surface area contributed by atoms with Crippen molar-refractivity contribution in [3.63, 3.8) is 0 Å². The van der Waals surface area contributed by atoms with Crippen molar-refractivity contribution >= 4 is 5.78 Å². The molecule has 2 heteroatoms. The summed E-state index contributed by atoms with van der Waals surface area (Å²) in [7, 11) is 0. The summed E-state index contributed by atoms with van der Waals surface area (Å²) in [5.74, 6) is 1.07. The molecule has 0 bridgehead atoms. The molecule has 1 aromatic carbocycles. The van der Waals surface area contributed by atoms with E-state index in [0.29, 0.717) is 6.42 Å². The Morgan fingerprint density at radius 1 is 1.05 bits per heavy atom. The maximum atomic E-state index is 12.0. The monoisotopic (exact) mass is 262 g/mol. The van der Waals surface area contributed by atoms with Crippen molar-refractivity contribution in [2.45, 2.75) is 65.4 Å². The molecule has 0 unspecified atom stereocenters. The second-order valence-electron chi connectivity index (χ2n) is 5.28. The van der Waals surface area contributed by atoms with Gasteiger partial charge < -0.3 is 4.74 Å². The summed E-state index contributed by atoms with van der Waals surface area (Å²) < 4.78 is 5.56. The number of rotatable bonds is 9. The molecule has 0 heterocycles. The lowest BCUT2D eigenvalue weighted by molar-refractivity contribution is 0.0979. The zero-order chi connectivity index (χ0) is 14.1. The van der Waals surface area contributed by atoms with Gasteiger partial charge in [-0.05, 0) is 44.5 Å². The predicted molar refractivity (Wildman–Crippen MR) is 79.9 cm³/mol. The Bertz CT molecular complexity index is 365. The minimum absolute atomic E-state index is 0.167. The topological polar surface area (TPSA) is 26.3 Å². The third-order valence-electron chi connectivity index (χ3n) is 3.06. The molecule has 2 nitrogen and oxygen atoms in total. The lowest BCUT2D eigenvalue weighted by Gasteiger charge is -2.09. The van der Waals surface area contributed by atoms with Crippen LogP contribution >= 0.6 is 0 Å². The van der Waals surface area contributed by atoms with E-state index >= 15 is 0 Å². The number of hydrogen-bond donors (Lipinski definition) is 0. The third-order valence-corrected chi connectivity index (χ3v) is 3.06. The van der Waals surface area contributed by atoms with Gasteiger partial charge in [0.2, 0.25) is 0 Å². The highest BCUT2D eigenvalue weighted by Gasteiger charge is 2.06. The van der Waals surface area contributed by atoms with Crippen LogP contribution in [0.5, 0.6) is 5.75 Å². The SMILES string of the molecule is CCCCCCCC(=O)c1ccc(OC(C)C)cc1. The maximum Gasteiger partial charge on any atom is 0.162 e. The van der Waals surface area contributed by atoms with Gasteiger partial charge in [-0.25, -0.2) is 0 Å². The number of ether oxygens (including phenoxy) is 1. The van der Waals surface area contributed by atoms with E-state index in [1.165, 1.54) is 19.3 Å². The zero-order valence-electron chi connectivity index (χ0n) is 12.4. The van der Waals surface area contributed by atoms with E-state index in [1.807, 2.05) is 38.1 Å². The number of unbranched alkanes of at least 4 members (excludes halogenated alkanes) is 4. The van der Waals surface area contributed by atoms with Gasteiger partial charge in [0.15, 0.2) is 5.78 Å². The molecule has 0 atom stereocenters. The summed E-state index contributed by atoms with van der Waals surface area (Å²) in [5, 5.41) is 0. The highest BCUT2D eigenvalue weighted by atomic mass is 16.5. The molecule has 0 aromatic heterocycles. The fraction of sp³-hybridized carbons (Fsp3) is 0.588. The van der Waals surface area contributed by atoms with Gasteiger partial charge in [-0.2, -0.15) is 0 Å². The number of ketones is 1. The molecule has 0 saturated heterocycles.